The van der Waals surface area contributed by atoms with Gasteiger partial charge in [-0.3, -0.25) is 0 Å². The number of hydrogen-bond acceptors (Lipinski definition) is 4. The van der Waals surface area contributed by atoms with Crippen LogP contribution in [0.5, 0.6) is 5.75 Å². The van der Waals surface area contributed by atoms with Crippen LogP contribution in [0.3, 0.4) is 0 Å². The molecule has 0 atom stereocenters. The highest BCUT2D eigenvalue weighted by atomic mass is 32.1. The third kappa shape index (κ3) is 3.42. The summed E-state index contributed by atoms with van der Waals surface area (Å²) in [6, 6.07) is 7.60. The zero-order chi connectivity index (χ0) is 15.6. The summed E-state index contributed by atoms with van der Waals surface area (Å²) in [6.45, 7) is 6.10. The lowest BCUT2D eigenvalue weighted by atomic mass is 9.98. The first-order valence-corrected chi connectivity index (χ1v) is 7.50. The number of ether oxygens (including phenoxy) is 1. The van der Waals surface area contributed by atoms with Crippen LogP contribution in [0.4, 0.5) is 0 Å². The Balaban J connectivity index is 2.43. The SMILES string of the molecule is COc1ccccc1Cc1nc(C(C)(C)C)sc1C(=O)O. The second-order valence-electron chi connectivity index (χ2n) is 5.84. The number of rotatable bonds is 4. The van der Waals surface area contributed by atoms with Crippen LogP contribution in [0.25, 0.3) is 0 Å². The lowest BCUT2D eigenvalue weighted by Gasteiger charge is -2.13. The van der Waals surface area contributed by atoms with E-state index in [0.29, 0.717) is 17.0 Å². The monoisotopic (exact) mass is 305 g/mol. The molecule has 0 amide bonds. The van der Waals surface area contributed by atoms with Crippen molar-refractivity contribution in [1.29, 1.82) is 0 Å². The van der Waals surface area contributed by atoms with Gasteiger partial charge in [0, 0.05) is 17.4 Å². The molecule has 5 heteroatoms. The molecule has 2 aromatic rings. The van der Waals surface area contributed by atoms with Gasteiger partial charge < -0.3 is 9.84 Å². The molecule has 4 nitrogen and oxygen atoms in total. The Morgan fingerprint density at radius 1 is 1.33 bits per heavy atom. The molecule has 1 aromatic carbocycles. The zero-order valence-corrected chi connectivity index (χ0v) is 13.5. The first-order valence-electron chi connectivity index (χ1n) is 6.68. The van der Waals surface area contributed by atoms with Gasteiger partial charge in [0.15, 0.2) is 0 Å². The number of thiazole rings is 1. The van der Waals surface area contributed by atoms with Gasteiger partial charge in [-0.1, -0.05) is 39.0 Å². The fraction of sp³-hybridized carbons (Fsp3) is 0.375. The minimum Gasteiger partial charge on any atom is -0.496 e. The molecule has 0 spiro atoms. The van der Waals surface area contributed by atoms with Crippen molar-refractivity contribution in [2.75, 3.05) is 7.11 Å². The van der Waals surface area contributed by atoms with Crippen LogP contribution in [0, 0.1) is 0 Å². The number of methoxy groups -OCH3 is 1. The Bertz CT molecular complexity index is 656. The molecule has 1 heterocycles. The summed E-state index contributed by atoms with van der Waals surface area (Å²) < 4.78 is 5.32. The van der Waals surface area contributed by atoms with Gasteiger partial charge in [-0.25, -0.2) is 9.78 Å². The first-order chi connectivity index (χ1) is 9.82. The van der Waals surface area contributed by atoms with Crippen molar-refractivity contribution >= 4 is 17.3 Å². The Labute approximate surface area is 128 Å². The van der Waals surface area contributed by atoms with Gasteiger partial charge in [-0.05, 0) is 6.07 Å². The molecule has 0 aliphatic carbocycles. The number of carboxylic acid groups (broad SMARTS) is 1. The number of carboxylic acids is 1. The smallest absolute Gasteiger partial charge is 0.347 e. The number of para-hydroxylation sites is 1. The van der Waals surface area contributed by atoms with E-state index in [2.05, 4.69) is 4.98 Å². The van der Waals surface area contributed by atoms with E-state index in [1.54, 1.807) is 7.11 Å². The largest absolute Gasteiger partial charge is 0.496 e. The minimum atomic E-state index is -0.923. The van der Waals surface area contributed by atoms with Crippen molar-refractivity contribution in [3.63, 3.8) is 0 Å². The maximum Gasteiger partial charge on any atom is 0.347 e. The molecule has 0 aliphatic heterocycles. The second-order valence-corrected chi connectivity index (χ2v) is 6.84. The highest BCUT2D eigenvalue weighted by molar-refractivity contribution is 7.13. The van der Waals surface area contributed by atoms with Crippen LogP contribution >= 0.6 is 11.3 Å². The molecule has 0 bridgehead atoms. The maximum absolute atomic E-state index is 11.4. The Kier molecular flexibility index (Phi) is 4.32. The molecule has 21 heavy (non-hydrogen) atoms. The van der Waals surface area contributed by atoms with Crippen molar-refractivity contribution in [2.24, 2.45) is 0 Å². The number of aromatic carboxylic acids is 1. The standard InChI is InChI=1S/C16H19NO3S/c1-16(2,3)15-17-11(13(21-15)14(18)19)9-10-7-5-6-8-12(10)20-4/h5-8H,9H2,1-4H3,(H,18,19). The first kappa shape index (κ1) is 15.5. The molecule has 1 N–H and O–H groups in total. The summed E-state index contributed by atoms with van der Waals surface area (Å²) in [5.41, 5.74) is 1.38. The average molecular weight is 305 g/mol. The topological polar surface area (TPSA) is 59.4 Å². The van der Waals surface area contributed by atoms with Gasteiger partial charge in [-0.15, -0.1) is 11.3 Å². The van der Waals surface area contributed by atoms with Gasteiger partial charge in [0.2, 0.25) is 0 Å². The van der Waals surface area contributed by atoms with Crippen LogP contribution in [-0.4, -0.2) is 23.2 Å². The molecule has 2 rings (SSSR count). The molecule has 0 radical (unpaired) electrons. The summed E-state index contributed by atoms with van der Waals surface area (Å²) in [6.07, 6.45) is 0.457. The van der Waals surface area contributed by atoms with E-state index >= 15 is 0 Å². The number of carbonyl (C=O) groups is 1. The van der Waals surface area contributed by atoms with Crippen LogP contribution in [0.1, 0.15) is 46.7 Å². The summed E-state index contributed by atoms with van der Waals surface area (Å²) >= 11 is 1.26. The predicted octanol–water partition coefficient (Wildman–Crippen LogP) is 3.74. The van der Waals surface area contributed by atoms with Gasteiger partial charge in [0.25, 0.3) is 0 Å². The highest BCUT2D eigenvalue weighted by Gasteiger charge is 2.25. The van der Waals surface area contributed by atoms with Gasteiger partial charge in [-0.2, -0.15) is 0 Å². The van der Waals surface area contributed by atoms with Crippen LogP contribution in [-0.2, 0) is 11.8 Å². The number of hydrogen-bond donors (Lipinski definition) is 1. The fourth-order valence-electron chi connectivity index (χ4n) is 1.99. The number of nitrogens with zero attached hydrogens (tertiary/aromatic N) is 1. The molecule has 0 saturated heterocycles. The Morgan fingerprint density at radius 3 is 2.57 bits per heavy atom. The molecule has 0 unspecified atom stereocenters. The molecule has 0 saturated carbocycles. The lowest BCUT2D eigenvalue weighted by molar-refractivity contribution is 0.0701. The van der Waals surface area contributed by atoms with E-state index < -0.39 is 5.97 Å². The second kappa shape index (κ2) is 5.85. The van der Waals surface area contributed by atoms with E-state index in [4.69, 9.17) is 4.74 Å². The Hall–Kier alpha value is -1.88. The summed E-state index contributed by atoms with van der Waals surface area (Å²) in [7, 11) is 1.61. The van der Waals surface area contributed by atoms with E-state index in [9.17, 15) is 9.90 Å². The van der Waals surface area contributed by atoms with Gasteiger partial charge in [0.1, 0.15) is 10.6 Å². The Morgan fingerprint density at radius 2 is 2.00 bits per heavy atom. The van der Waals surface area contributed by atoms with Gasteiger partial charge in [0.05, 0.1) is 17.8 Å². The molecular formula is C16H19NO3S. The fourth-order valence-corrected chi connectivity index (χ4v) is 2.97. The predicted molar refractivity (Wildman–Crippen MR) is 83.6 cm³/mol. The normalized spacial score (nSPS) is 11.4. The van der Waals surface area contributed by atoms with E-state index in [0.717, 1.165) is 16.3 Å². The highest BCUT2D eigenvalue weighted by Crippen LogP contribution is 2.31. The molecule has 0 aliphatic rings. The molecule has 112 valence electrons. The minimum absolute atomic E-state index is 0.159. The summed E-state index contributed by atoms with van der Waals surface area (Å²) in [5.74, 6) is -0.174. The van der Waals surface area contributed by atoms with E-state index in [1.807, 2.05) is 45.0 Å². The van der Waals surface area contributed by atoms with Crippen molar-refractivity contribution in [3.8, 4) is 5.75 Å². The third-order valence-electron chi connectivity index (χ3n) is 3.08. The number of aromatic nitrogens is 1. The van der Waals surface area contributed by atoms with Crippen LogP contribution < -0.4 is 4.74 Å². The van der Waals surface area contributed by atoms with Crippen molar-refractivity contribution in [2.45, 2.75) is 32.6 Å². The van der Waals surface area contributed by atoms with Crippen molar-refractivity contribution < 1.29 is 14.6 Å². The molecular weight excluding hydrogens is 286 g/mol. The average Bonchev–Trinajstić information content (AvgIpc) is 2.83. The lowest BCUT2D eigenvalue weighted by Crippen LogP contribution is -2.10. The van der Waals surface area contributed by atoms with E-state index in [1.165, 1.54) is 11.3 Å². The van der Waals surface area contributed by atoms with Crippen LogP contribution in [0.15, 0.2) is 24.3 Å². The van der Waals surface area contributed by atoms with E-state index in [-0.39, 0.29) is 5.41 Å². The third-order valence-corrected chi connectivity index (χ3v) is 4.59. The summed E-state index contributed by atoms with van der Waals surface area (Å²) in [4.78, 5) is 16.3. The maximum atomic E-state index is 11.4. The van der Waals surface area contributed by atoms with Crippen molar-refractivity contribution in [3.05, 3.63) is 45.4 Å². The van der Waals surface area contributed by atoms with Crippen LogP contribution in [0.2, 0.25) is 0 Å². The molecule has 0 fully saturated rings. The summed E-state index contributed by atoms with van der Waals surface area (Å²) in [5, 5.41) is 10.2. The zero-order valence-electron chi connectivity index (χ0n) is 12.6. The quantitative estimate of drug-likeness (QED) is 0.935. The number of benzene rings is 1. The van der Waals surface area contributed by atoms with Crippen molar-refractivity contribution in [1.82, 2.24) is 4.98 Å². The molecule has 1 aromatic heterocycles. The van der Waals surface area contributed by atoms with Gasteiger partial charge >= 0.3 is 5.97 Å².